The average molecular weight is 405 g/mol. The Morgan fingerprint density at radius 1 is 1.34 bits per heavy atom. The highest BCUT2D eigenvalue weighted by Gasteiger charge is 2.33. The van der Waals surface area contributed by atoms with Crippen LogP contribution in [0, 0.1) is 6.92 Å². The normalized spacial score (nSPS) is 15.9. The molecular weight excluding hydrogens is 386 g/mol. The van der Waals surface area contributed by atoms with Crippen molar-refractivity contribution in [3.05, 3.63) is 59.5 Å². The number of benzene rings is 1. The molecule has 0 spiro atoms. The summed E-state index contributed by atoms with van der Waals surface area (Å²) < 4.78 is 8.35. The lowest BCUT2D eigenvalue weighted by molar-refractivity contribution is -0.116. The molecule has 3 aromatic heterocycles. The molecule has 1 atom stereocenters. The molecule has 1 aliphatic heterocycles. The van der Waals surface area contributed by atoms with Gasteiger partial charge in [-0.15, -0.1) is 0 Å². The number of aromatic nitrogens is 4. The van der Waals surface area contributed by atoms with Crippen LogP contribution in [0.15, 0.2) is 42.7 Å². The minimum atomic E-state index is -0.0693. The van der Waals surface area contributed by atoms with E-state index in [-0.39, 0.29) is 11.8 Å². The molecule has 0 aliphatic carbocycles. The molecule has 29 heavy (non-hydrogen) atoms. The fourth-order valence-electron chi connectivity index (χ4n) is 3.79. The van der Waals surface area contributed by atoms with Crippen molar-refractivity contribution in [2.45, 2.75) is 26.2 Å². The average Bonchev–Trinajstić information content (AvgIpc) is 3.29. The number of rotatable bonds is 4. The molecule has 0 radical (unpaired) electrons. The maximum Gasteiger partial charge on any atom is 0.226 e. The maximum atomic E-state index is 12.5. The highest BCUT2D eigenvalue weighted by molar-refractivity contribution is 7.20. The van der Waals surface area contributed by atoms with E-state index in [2.05, 4.69) is 10.3 Å². The lowest BCUT2D eigenvalue weighted by Gasteiger charge is -2.23. The summed E-state index contributed by atoms with van der Waals surface area (Å²) in [6.07, 6.45) is 3.93. The summed E-state index contributed by atoms with van der Waals surface area (Å²) in [6, 6.07) is 9.74. The van der Waals surface area contributed by atoms with Crippen LogP contribution in [0.2, 0.25) is 0 Å². The van der Waals surface area contributed by atoms with E-state index >= 15 is 0 Å². The first-order chi connectivity index (χ1) is 14.1. The third kappa shape index (κ3) is 3.05. The van der Waals surface area contributed by atoms with E-state index in [1.165, 1.54) is 11.3 Å². The van der Waals surface area contributed by atoms with Crippen molar-refractivity contribution in [3.8, 4) is 10.9 Å². The fourth-order valence-corrected chi connectivity index (χ4v) is 4.74. The molecule has 0 fully saturated rings. The summed E-state index contributed by atoms with van der Waals surface area (Å²) in [5.74, 6) is 1.41. The highest BCUT2D eigenvalue weighted by atomic mass is 32.1. The molecule has 0 saturated carbocycles. The van der Waals surface area contributed by atoms with Gasteiger partial charge in [0.2, 0.25) is 11.0 Å². The van der Waals surface area contributed by atoms with Crippen molar-refractivity contribution in [2.24, 2.45) is 0 Å². The number of anilines is 1. The number of hydrogen-bond donors (Lipinski definition) is 1. The Morgan fingerprint density at radius 2 is 2.24 bits per heavy atom. The number of carbonyl (C=O) groups is 1. The number of pyridine rings is 1. The molecule has 1 aromatic carbocycles. The molecule has 5 rings (SSSR count). The Morgan fingerprint density at radius 3 is 3.03 bits per heavy atom. The number of aryl methyl sites for hydroxylation is 1. The van der Waals surface area contributed by atoms with E-state index < -0.39 is 0 Å². The largest absolute Gasteiger partial charge is 0.494 e. The molecule has 0 bridgehead atoms. The summed E-state index contributed by atoms with van der Waals surface area (Å²) in [6.45, 7) is 4.55. The topological polar surface area (TPSA) is 81.9 Å². The van der Waals surface area contributed by atoms with E-state index in [0.29, 0.717) is 24.0 Å². The van der Waals surface area contributed by atoms with Gasteiger partial charge in [0.25, 0.3) is 0 Å². The van der Waals surface area contributed by atoms with Crippen LogP contribution in [0.4, 0.5) is 5.82 Å². The second-order valence-corrected chi connectivity index (χ2v) is 7.92. The number of nitrogens with one attached hydrogen (secondary N) is 1. The Bertz CT molecular complexity index is 1210. The van der Waals surface area contributed by atoms with Crippen LogP contribution < -0.4 is 10.1 Å². The summed E-state index contributed by atoms with van der Waals surface area (Å²) >= 11 is 1.52. The predicted molar refractivity (Wildman–Crippen MR) is 112 cm³/mol. The van der Waals surface area contributed by atoms with Crippen LogP contribution in [-0.2, 0) is 4.79 Å². The third-order valence-electron chi connectivity index (χ3n) is 5.03. The first kappa shape index (κ1) is 17.8. The Balaban J connectivity index is 1.63. The zero-order chi connectivity index (χ0) is 20.0. The molecule has 4 aromatic rings. The van der Waals surface area contributed by atoms with Crippen molar-refractivity contribution >= 4 is 33.3 Å². The van der Waals surface area contributed by atoms with Gasteiger partial charge in [0.15, 0.2) is 0 Å². The van der Waals surface area contributed by atoms with Gasteiger partial charge >= 0.3 is 0 Å². The molecule has 1 aliphatic rings. The van der Waals surface area contributed by atoms with Gasteiger partial charge in [0, 0.05) is 30.3 Å². The molecule has 8 heteroatoms. The van der Waals surface area contributed by atoms with Gasteiger partial charge in [0.1, 0.15) is 11.6 Å². The predicted octanol–water partition coefficient (Wildman–Crippen LogP) is 4.06. The number of ether oxygens (including phenoxy) is 1. The van der Waals surface area contributed by atoms with E-state index in [1.807, 2.05) is 50.4 Å². The Hall–Kier alpha value is -3.26. The fraction of sp³-hybridized carbons (Fsp3) is 0.238. The molecular formula is C21H19N5O2S. The Kier molecular flexibility index (Phi) is 4.28. The van der Waals surface area contributed by atoms with E-state index in [9.17, 15) is 4.79 Å². The number of amides is 1. The molecule has 4 heterocycles. The molecule has 0 saturated heterocycles. The number of thiazole rings is 1. The number of nitrogens with zero attached hydrogens (tertiary/aromatic N) is 4. The van der Waals surface area contributed by atoms with Crippen LogP contribution in [0.5, 0.6) is 5.75 Å². The number of carbonyl (C=O) groups excluding carboxylic acids is 1. The smallest absolute Gasteiger partial charge is 0.226 e. The van der Waals surface area contributed by atoms with Crippen LogP contribution in [0.3, 0.4) is 0 Å². The van der Waals surface area contributed by atoms with Crippen LogP contribution >= 0.6 is 11.3 Å². The Labute approximate surface area is 171 Å². The lowest BCUT2D eigenvalue weighted by Crippen LogP contribution is -2.25. The number of fused-ring (bicyclic) bond motifs is 2. The SMILES string of the molecule is CCOc1ccc2nc(-n3nc(C)c4c3NC(=O)CC4c3cccnc3)sc2c1. The molecule has 146 valence electrons. The van der Waals surface area contributed by atoms with Gasteiger partial charge in [-0.05, 0) is 43.7 Å². The first-order valence-corrected chi connectivity index (χ1v) is 10.3. The van der Waals surface area contributed by atoms with Gasteiger partial charge in [0.05, 0.1) is 22.5 Å². The number of hydrogen-bond acceptors (Lipinski definition) is 6. The first-order valence-electron chi connectivity index (χ1n) is 9.47. The van der Waals surface area contributed by atoms with Crippen molar-refractivity contribution in [1.82, 2.24) is 19.7 Å². The van der Waals surface area contributed by atoms with Crippen molar-refractivity contribution < 1.29 is 9.53 Å². The van der Waals surface area contributed by atoms with E-state index in [4.69, 9.17) is 14.8 Å². The van der Waals surface area contributed by atoms with Gasteiger partial charge in [-0.25, -0.2) is 4.98 Å². The van der Waals surface area contributed by atoms with Crippen LogP contribution in [0.1, 0.15) is 36.1 Å². The maximum absolute atomic E-state index is 12.5. The van der Waals surface area contributed by atoms with Gasteiger partial charge < -0.3 is 10.1 Å². The molecule has 1 unspecified atom stereocenters. The zero-order valence-electron chi connectivity index (χ0n) is 16.0. The van der Waals surface area contributed by atoms with E-state index in [1.54, 1.807) is 10.9 Å². The van der Waals surface area contributed by atoms with E-state index in [0.717, 1.165) is 32.8 Å². The monoisotopic (exact) mass is 405 g/mol. The minimum Gasteiger partial charge on any atom is -0.494 e. The second-order valence-electron chi connectivity index (χ2n) is 6.91. The van der Waals surface area contributed by atoms with Crippen LogP contribution in [0.25, 0.3) is 15.3 Å². The van der Waals surface area contributed by atoms with Crippen LogP contribution in [-0.4, -0.2) is 32.3 Å². The molecule has 7 nitrogen and oxygen atoms in total. The quantitative estimate of drug-likeness (QED) is 0.554. The van der Waals surface area contributed by atoms with Gasteiger partial charge in [-0.1, -0.05) is 17.4 Å². The lowest BCUT2D eigenvalue weighted by atomic mass is 9.87. The summed E-state index contributed by atoms with van der Waals surface area (Å²) in [4.78, 5) is 21.4. The molecule has 1 amide bonds. The van der Waals surface area contributed by atoms with Crippen molar-refractivity contribution in [2.75, 3.05) is 11.9 Å². The van der Waals surface area contributed by atoms with Gasteiger partial charge in [-0.2, -0.15) is 9.78 Å². The standard InChI is InChI=1S/C21H19N5O2S/c1-3-28-14-6-7-16-17(9-14)29-21(23-16)26-20-19(12(2)25-26)15(10-18(27)24-20)13-5-4-8-22-11-13/h4-9,11,15H,3,10H2,1-2H3,(H,24,27). The summed E-state index contributed by atoms with van der Waals surface area (Å²) in [5, 5.41) is 8.44. The van der Waals surface area contributed by atoms with Crippen molar-refractivity contribution in [3.63, 3.8) is 0 Å². The summed E-state index contributed by atoms with van der Waals surface area (Å²) in [7, 11) is 0. The minimum absolute atomic E-state index is 0.0350. The second kappa shape index (κ2) is 6.97. The molecule has 1 N–H and O–H groups in total. The highest BCUT2D eigenvalue weighted by Crippen LogP contribution is 2.41. The summed E-state index contributed by atoms with van der Waals surface area (Å²) in [5.41, 5.74) is 3.79. The zero-order valence-corrected chi connectivity index (χ0v) is 16.9. The van der Waals surface area contributed by atoms with Crippen molar-refractivity contribution in [1.29, 1.82) is 0 Å². The van der Waals surface area contributed by atoms with Gasteiger partial charge in [-0.3, -0.25) is 9.78 Å². The third-order valence-corrected chi connectivity index (χ3v) is 6.02.